The first-order valence-corrected chi connectivity index (χ1v) is 15.8. The van der Waals surface area contributed by atoms with Gasteiger partial charge in [0.2, 0.25) is 0 Å². The van der Waals surface area contributed by atoms with Gasteiger partial charge in [0.25, 0.3) is 5.91 Å². The molecule has 0 aliphatic carbocycles. The van der Waals surface area contributed by atoms with E-state index in [0.29, 0.717) is 30.4 Å². The van der Waals surface area contributed by atoms with E-state index in [1.54, 1.807) is 13.2 Å². The Morgan fingerprint density at radius 2 is 2.03 bits per heavy atom. The van der Waals surface area contributed by atoms with E-state index in [1.807, 2.05) is 25.1 Å². The Morgan fingerprint density at radius 3 is 2.82 bits per heavy atom. The van der Waals surface area contributed by atoms with Crippen LogP contribution in [-0.4, -0.2) is 42.2 Å². The summed E-state index contributed by atoms with van der Waals surface area (Å²) in [6.07, 6.45) is 9.71. The van der Waals surface area contributed by atoms with Gasteiger partial charge >= 0.3 is 0 Å². The number of nitrogens with zero attached hydrogens (tertiary/aromatic N) is 2. The number of anilines is 1. The van der Waals surface area contributed by atoms with Gasteiger partial charge in [-0.1, -0.05) is 50.1 Å². The van der Waals surface area contributed by atoms with Crippen LogP contribution in [0.1, 0.15) is 67.4 Å². The largest absolute Gasteiger partial charge is 0.491 e. The van der Waals surface area contributed by atoms with E-state index in [1.165, 1.54) is 11.1 Å². The lowest BCUT2D eigenvalue weighted by Gasteiger charge is -2.32. The summed E-state index contributed by atoms with van der Waals surface area (Å²) < 4.78 is 29.0. The summed E-state index contributed by atoms with van der Waals surface area (Å²) in [5, 5.41) is 0.743. The average Bonchev–Trinajstić information content (AvgIpc) is 2.94. The minimum absolute atomic E-state index is 0.00725. The molecular formula is C31H41ClN2O4S. The number of halogens is 1. The molecule has 0 saturated heterocycles. The highest BCUT2D eigenvalue weighted by Gasteiger charge is 2.23. The Balaban J connectivity index is 1.83. The maximum absolute atomic E-state index is 13.1. The average molecular weight is 573 g/mol. The minimum atomic E-state index is -2.00. The van der Waals surface area contributed by atoms with Crippen LogP contribution in [0.3, 0.4) is 0 Å². The molecule has 2 aromatic carbocycles. The molecule has 0 spiro atoms. The van der Waals surface area contributed by atoms with Crippen molar-refractivity contribution in [1.82, 2.24) is 0 Å². The standard InChI is InChI=1S/C31H41ClN2O4S/c1-4-23-16-28(37-3)10-7-8-22(2)21-39(36)33-31(35)25-12-14-30-29(18-25)34(19-23)20-26-11-13-27(32)17-24(26)9-5-6-15-38-30/h7,10-14,17-18,22-23,28,39H,4-6,8-9,15-16,19-21H2,1-3H3/b10-7+/t22-,23+,28-/m0/s1. The van der Waals surface area contributed by atoms with Crippen LogP contribution in [0.15, 0.2) is 52.9 Å². The SMILES string of the molecule is CC[C@@H]1C[C@@H](OC)/C=C/C[C@H](C)C/[SH](=O)=N\C(=O)c2ccc3c(c2)N(Cc2ccc(Cl)cc2CCCCO3)C1. The van der Waals surface area contributed by atoms with Gasteiger partial charge < -0.3 is 14.4 Å². The summed E-state index contributed by atoms with van der Waals surface area (Å²) in [5.41, 5.74) is 3.76. The topological polar surface area (TPSA) is 68.2 Å². The zero-order valence-corrected chi connectivity index (χ0v) is 24.9. The molecule has 0 fully saturated rings. The zero-order valence-electron chi connectivity index (χ0n) is 23.3. The second-order valence-electron chi connectivity index (χ2n) is 10.8. The smallest absolute Gasteiger partial charge is 0.284 e. The Kier molecular flexibility index (Phi) is 10.9. The van der Waals surface area contributed by atoms with Gasteiger partial charge in [0.05, 0.1) is 18.4 Å². The Labute approximate surface area is 239 Å². The molecule has 8 heteroatoms. The quantitative estimate of drug-likeness (QED) is 0.313. The number of methoxy groups -OCH3 is 1. The minimum Gasteiger partial charge on any atom is -0.491 e. The van der Waals surface area contributed by atoms with E-state index in [-0.39, 0.29) is 12.0 Å². The Bertz CT molecular complexity index is 1260. The van der Waals surface area contributed by atoms with E-state index < -0.39 is 16.5 Å². The van der Waals surface area contributed by atoms with Crippen molar-refractivity contribution in [1.29, 1.82) is 0 Å². The van der Waals surface area contributed by atoms with Gasteiger partial charge in [0.1, 0.15) is 5.75 Å². The Hall–Kier alpha value is -2.35. The molecule has 2 aliphatic heterocycles. The third-order valence-corrected chi connectivity index (χ3v) is 9.23. The van der Waals surface area contributed by atoms with Crippen molar-refractivity contribution in [2.45, 2.75) is 65.0 Å². The van der Waals surface area contributed by atoms with Crippen molar-refractivity contribution in [3.05, 3.63) is 70.3 Å². The number of allylic oxidation sites excluding steroid dienone is 1. The van der Waals surface area contributed by atoms with Crippen molar-refractivity contribution in [2.75, 3.05) is 30.9 Å². The number of thiol groups is 1. The highest BCUT2D eigenvalue weighted by atomic mass is 35.5. The van der Waals surface area contributed by atoms with E-state index >= 15 is 0 Å². The van der Waals surface area contributed by atoms with Crippen LogP contribution in [0.25, 0.3) is 0 Å². The van der Waals surface area contributed by atoms with Crippen LogP contribution < -0.4 is 9.64 Å². The summed E-state index contributed by atoms with van der Waals surface area (Å²) in [7, 11) is -0.238. The highest BCUT2D eigenvalue weighted by Crippen LogP contribution is 2.35. The monoisotopic (exact) mass is 572 g/mol. The summed E-state index contributed by atoms with van der Waals surface area (Å²) in [5.74, 6) is 1.18. The molecule has 0 N–H and O–H groups in total. The summed E-state index contributed by atoms with van der Waals surface area (Å²) in [4.78, 5) is 15.4. The van der Waals surface area contributed by atoms with Crippen LogP contribution in [0.5, 0.6) is 5.75 Å². The number of carbonyl (C=O) groups is 1. The molecule has 212 valence electrons. The molecule has 2 aromatic rings. The van der Waals surface area contributed by atoms with Gasteiger partial charge in [-0.3, -0.25) is 9.00 Å². The fourth-order valence-electron chi connectivity index (χ4n) is 5.32. The molecule has 2 heterocycles. The maximum atomic E-state index is 13.1. The Morgan fingerprint density at radius 1 is 1.18 bits per heavy atom. The first-order valence-electron chi connectivity index (χ1n) is 14.1. The van der Waals surface area contributed by atoms with Crippen LogP contribution >= 0.6 is 11.6 Å². The number of rotatable bonds is 2. The van der Waals surface area contributed by atoms with Gasteiger partial charge in [0.15, 0.2) is 0 Å². The number of ether oxygens (including phenoxy) is 2. The second kappa shape index (κ2) is 14.3. The summed E-state index contributed by atoms with van der Waals surface area (Å²) >= 11 is 6.40. The normalized spacial score (nSPS) is 26.4. The fourth-order valence-corrected chi connectivity index (χ4v) is 6.60. The molecule has 1 unspecified atom stereocenters. The number of hydrogen-bond donors (Lipinski definition) is 1. The van der Waals surface area contributed by atoms with Crippen LogP contribution in [-0.2, 0) is 28.3 Å². The van der Waals surface area contributed by atoms with Crippen molar-refractivity contribution < 1.29 is 18.5 Å². The van der Waals surface area contributed by atoms with E-state index in [4.69, 9.17) is 21.1 Å². The number of benzene rings is 2. The van der Waals surface area contributed by atoms with Crippen molar-refractivity contribution in [3.8, 4) is 5.75 Å². The molecular weight excluding hydrogens is 532 g/mol. The van der Waals surface area contributed by atoms with Crippen LogP contribution in [0, 0.1) is 11.8 Å². The molecule has 4 atom stereocenters. The fraction of sp³-hybridized carbons (Fsp3) is 0.516. The molecule has 0 saturated carbocycles. The first kappa shape index (κ1) is 29.6. The van der Waals surface area contributed by atoms with Crippen molar-refractivity contribution >= 4 is 33.8 Å². The van der Waals surface area contributed by atoms with Crippen LogP contribution in [0.4, 0.5) is 5.69 Å². The zero-order chi connectivity index (χ0) is 27.8. The number of hydrogen-bond acceptors (Lipinski definition) is 5. The lowest BCUT2D eigenvalue weighted by atomic mass is 9.95. The molecule has 39 heavy (non-hydrogen) atoms. The predicted octanol–water partition coefficient (Wildman–Crippen LogP) is 6.89. The van der Waals surface area contributed by atoms with E-state index in [0.717, 1.165) is 61.5 Å². The number of amides is 1. The van der Waals surface area contributed by atoms with Gasteiger partial charge in [-0.15, -0.1) is 0 Å². The molecule has 4 rings (SSSR count). The predicted molar refractivity (Wildman–Crippen MR) is 161 cm³/mol. The second-order valence-corrected chi connectivity index (χ2v) is 12.5. The number of aryl methyl sites for hydroxylation is 1. The maximum Gasteiger partial charge on any atom is 0.284 e. The summed E-state index contributed by atoms with van der Waals surface area (Å²) in [6, 6.07) is 11.6. The lowest BCUT2D eigenvalue weighted by Crippen LogP contribution is -2.32. The van der Waals surface area contributed by atoms with Gasteiger partial charge in [-0.25, -0.2) is 0 Å². The third kappa shape index (κ3) is 8.32. The van der Waals surface area contributed by atoms with Gasteiger partial charge in [-0.05, 0) is 85.4 Å². The van der Waals surface area contributed by atoms with E-state index in [9.17, 15) is 9.00 Å². The molecule has 0 radical (unpaired) electrons. The molecule has 2 aliphatic rings. The number of fused-ring (bicyclic) bond motifs is 2. The lowest BCUT2D eigenvalue weighted by molar-refractivity contribution is 0.100. The van der Waals surface area contributed by atoms with Crippen molar-refractivity contribution in [3.63, 3.8) is 0 Å². The van der Waals surface area contributed by atoms with Gasteiger partial charge in [0, 0.05) is 47.1 Å². The van der Waals surface area contributed by atoms with Crippen molar-refractivity contribution in [2.24, 2.45) is 16.2 Å². The van der Waals surface area contributed by atoms with Gasteiger partial charge in [-0.2, -0.15) is 4.36 Å². The van der Waals surface area contributed by atoms with E-state index in [2.05, 4.69) is 40.5 Å². The molecule has 6 nitrogen and oxygen atoms in total. The van der Waals surface area contributed by atoms with Crippen LogP contribution in [0.2, 0.25) is 5.02 Å². The first-order chi connectivity index (χ1) is 18.9. The third-order valence-electron chi connectivity index (χ3n) is 7.66. The summed E-state index contributed by atoms with van der Waals surface area (Å²) in [6.45, 7) is 6.27. The molecule has 2 bridgehead atoms. The number of carbonyl (C=O) groups excluding carboxylic acids is 1. The molecule has 1 amide bonds. The highest BCUT2D eigenvalue weighted by molar-refractivity contribution is 7.75. The molecule has 0 aromatic heterocycles.